The van der Waals surface area contributed by atoms with Crippen LogP contribution >= 0.6 is 0 Å². The first-order chi connectivity index (χ1) is 21.3. The van der Waals surface area contributed by atoms with E-state index in [4.69, 9.17) is 13.2 Å². The molecule has 3 heterocycles. The van der Waals surface area contributed by atoms with Gasteiger partial charge in [-0.25, -0.2) is 13.7 Å². The fourth-order valence-corrected chi connectivity index (χ4v) is 4.00. The summed E-state index contributed by atoms with van der Waals surface area (Å²) < 4.78 is 41.0. The largest absolute Gasteiger partial charge is 0.201 e. The molecule has 44 heavy (non-hydrogen) atoms. The molecule has 224 valence electrons. The average molecular weight is 696 g/mol. The number of nitrogens with zero attached hydrogens (tertiary/aromatic N) is 3. The van der Waals surface area contributed by atoms with Crippen LogP contribution in [0.25, 0.3) is 0 Å². The average Bonchev–Trinajstić information content (AvgIpc) is 3.04. The monoisotopic (exact) mass is 695 g/mol. The first-order valence-electron chi connectivity index (χ1n) is 14.0. The van der Waals surface area contributed by atoms with E-state index >= 15 is 0 Å². The molecule has 0 radical (unpaired) electrons. The Labute approximate surface area is 265 Å². The third-order valence-electron chi connectivity index (χ3n) is 5.96. The standard InChI is InChI=1S/3C12H12N.4O.Sb/c3*1-3-7-12(8-4-1)11-13-9-5-2-6-10-13;;;;;/h3*1-10H,11H2;;;;;/q3*+1;;3*-1;. The topological polar surface area (TPSA) is 97.9 Å². The second-order valence-electron chi connectivity index (χ2n) is 9.55. The molecular weight excluding hydrogens is 660 g/mol. The van der Waals surface area contributed by atoms with E-state index in [-0.39, 0.29) is 0 Å². The minimum Gasteiger partial charge on any atom is -0.201 e. The van der Waals surface area contributed by atoms with Crippen LogP contribution in [0.3, 0.4) is 0 Å². The predicted octanol–water partition coefficient (Wildman–Crippen LogP) is 2.00. The Balaban J connectivity index is 0.000000168. The van der Waals surface area contributed by atoms with Gasteiger partial charge in [0.1, 0.15) is 0 Å². The summed E-state index contributed by atoms with van der Waals surface area (Å²) in [5, 5.41) is 0. The molecular formula is C36H36N3O4Sb. The number of aromatic nitrogens is 3. The van der Waals surface area contributed by atoms with Gasteiger partial charge in [-0.15, -0.1) is 0 Å². The van der Waals surface area contributed by atoms with Gasteiger partial charge in [0.2, 0.25) is 0 Å². The number of hydrogen-bond donors (Lipinski definition) is 0. The summed E-state index contributed by atoms with van der Waals surface area (Å²) in [4.78, 5) is 0. The van der Waals surface area contributed by atoms with Crippen molar-refractivity contribution in [2.75, 3.05) is 0 Å². The summed E-state index contributed by atoms with van der Waals surface area (Å²) in [5.41, 5.74) is 4.00. The molecule has 0 fully saturated rings. The Morgan fingerprint density at radius 2 is 0.545 bits per heavy atom. The normalized spacial score (nSPS) is 10.1. The molecule has 0 atom stereocenters. The number of hydrogen-bond acceptors (Lipinski definition) is 4. The van der Waals surface area contributed by atoms with Crippen LogP contribution in [0.5, 0.6) is 0 Å². The summed E-state index contributed by atoms with van der Waals surface area (Å²) in [6.07, 6.45) is 12.5. The number of pyridine rings is 3. The summed E-state index contributed by atoms with van der Waals surface area (Å²) >= 11 is -6.10. The summed E-state index contributed by atoms with van der Waals surface area (Å²) in [6.45, 7) is 2.84. The van der Waals surface area contributed by atoms with Crippen LogP contribution in [0, 0.1) is 0 Å². The van der Waals surface area contributed by atoms with Gasteiger partial charge in [0.25, 0.3) is 0 Å². The molecule has 0 bridgehead atoms. The third-order valence-corrected chi connectivity index (χ3v) is 5.96. The van der Waals surface area contributed by atoms with Gasteiger partial charge in [-0.2, -0.15) is 0 Å². The van der Waals surface area contributed by atoms with Crippen LogP contribution in [-0.2, 0) is 22.7 Å². The van der Waals surface area contributed by atoms with Crippen LogP contribution in [0.4, 0.5) is 0 Å². The van der Waals surface area contributed by atoms with Gasteiger partial charge in [-0.3, -0.25) is 0 Å². The van der Waals surface area contributed by atoms with Crippen molar-refractivity contribution >= 4 is 20.1 Å². The van der Waals surface area contributed by atoms with E-state index < -0.39 is 20.1 Å². The first-order valence-corrected chi connectivity index (χ1v) is 18.2. The zero-order valence-corrected chi connectivity index (χ0v) is 26.9. The maximum Gasteiger partial charge on any atom is 0.173 e. The summed E-state index contributed by atoms with van der Waals surface area (Å²) in [7, 11) is 0. The molecule has 0 aliphatic carbocycles. The van der Waals surface area contributed by atoms with Crippen molar-refractivity contribution in [3.05, 3.63) is 199 Å². The Morgan fingerprint density at radius 1 is 0.364 bits per heavy atom. The molecule has 0 aliphatic rings. The Bertz CT molecular complexity index is 1300. The van der Waals surface area contributed by atoms with Gasteiger partial charge in [0.15, 0.2) is 56.8 Å². The van der Waals surface area contributed by atoms with Gasteiger partial charge < -0.3 is 0 Å². The van der Waals surface area contributed by atoms with Gasteiger partial charge in [-0.1, -0.05) is 109 Å². The molecule has 0 saturated heterocycles. The van der Waals surface area contributed by atoms with Gasteiger partial charge in [0, 0.05) is 53.1 Å². The molecule has 0 aliphatic heterocycles. The van der Waals surface area contributed by atoms with Crippen molar-refractivity contribution in [1.82, 2.24) is 0 Å². The molecule has 0 N–H and O–H groups in total. The molecule has 0 unspecified atom stereocenters. The molecule has 7 nitrogen and oxygen atoms in total. The minimum atomic E-state index is -6.10. The van der Waals surface area contributed by atoms with E-state index in [0.717, 1.165) is 19.6 Å². The van der Waals surface area contributed by atoms with Crippen LogP contribution in [0.2, 0.25) is 0 Å². The Kier molecular flexibility index (Phi) is 15.3. The molecule has 3 aromatic carbocycles. The van der Waals surface area contributed by atoms with Gasteiger partial charge in [-0.05, 0) is 0 Å². The van der Waals surface area contributed by atoms with Crippen molar-refractivity contribution in [2.24, 2.45) is 0 Å². The van der Waals surface area contributed by atoms with E-state index in [1.165, 1.54) is 16.7 Å². The first kappa shape index (κ1) is 34.1. The smallest absolute Gasteiger partial charge is 0.173 e. The zero-order chi connectivity index (χ0) is 31.3. The fourth-order valence-electron chi connectivity index (χ4n) is 4.00. The molecule has 6 aromatic rings. The third kappa shape index (κ3) is 16.3. The van der Waals surface area contributed by atoms with E-state index in [2.05, 4.69) is 124 Å². The van der Waals surface area contributed by atoms with Crippen molar-refractivity contribution in [1.29, 1.82) is 0 Å². The zero-order valence-electron chi connectivity index (χ0n) is 24.4. The predicted molar refractivity (Wildman–Crippen MR) is 163 cm³/mol. The molecule has 8 heteroatoms. The SMILES string of the molecule is [O]=[Sb]([O-])([O-])[O-].c1ccc(C[n+]2ccccc2)cc1.c1ccc(C[n+]2ccccc2)cc1.c1ccc(C[n+]2ccccc2)cc1. The van der Waals surface area contributed by atoms with Crippen molar-refractivity contribution in [2.45, 2.75) is 19.6 Å². The van der Waals surface area contributed by atoms with Crippen LogP contribution in [-0.4, -0.2) is 20.1 Å². The minimum absolute atomic E-state index is 0.946. The molecule has 3 aromatic heterocycles. The van der Waals surface area contributed by atoms with Crippen molar-refractivity contribution < 1.29 is 26.9 Å². The van der Waals surface area contributed by atoms with Gasteiger partial charge in [0.05, 0.1) is 0 Å². The van der Waals surface area contributed by atoms with E-state index in [1.807, 2.05) is 72.8 Å². The van der Waals surface area contributed by atoms with E-state index in [9.17, 15) is 0 Å². The second kappa shape index (κ2) is 19.7. The quantitative estimate of drug-likeness (QED) is 0.197. The van der Waals surface area contributed by atoms with Crippen LogP contribution < -0.4 is 23.9 Å². The van der Waals surface area contributed by atoms with Crippen LogP contribution in [0.15, 0.2) is 183 Å². The fraction of sp³-hybridized carbons (Fsp3) is 0.0833. The molecule has 6 rings (SSSR count). The molecule has 0 saturated carbocycles. The maximum absolute atomic E-state index is 8.64. The van der Waals surface area contributed by atoms with Crippen LogP contribution in [0.1, 0.15) is 16.7 Å². The maximum atomic E-state index is 8.64. The van der Waals surface area contributed by atoms with Crippen molar-refractivity contribution in [3.63, 3.8) is 0 Å². The Morgan fingerprint density at radius 3 is 0.750 bits per heavy atom. The number of rotatable bonds is 6. The Hall–Kier alpha value is -4.39. The molecule has 0 amide bonds. The van der Waals surface area contributed by atoms with E-state index in [0.29, 0.717) is 0 Å². The van der Waals surface area contributed by atoms with Crippen molar-refractivity contribution in [3.8, 4) is 0 Å². The summed E-state index contributed by atoms with van der Waals surface area (Å²) in [5.74, 6) is 0. The molecule has 0 spiro atoms. The summed E-state index contributed by atoms with van der Waals surface area (Å²) in [6, 6.07) is 49.7. The van der Waals surface area contributed by atoms with Gasteiger partial charge >= 0.3 is 33.2 Å². The number of benzene rings is 3. The van der Waals surface area contributed by atoms with E-state index in [1.54, 1.807) is 0 Å². The second-order valence-corrected chi connectivity index (χ2v) is 12.1.